The number of nitrogens with zero attached hydrogens (tertiary/aromatic N) is 3. The van der Waals surface area contributed by atoms with Crippen molar-refractivity contribution in [3.63, 3.8) is 0 Å². The molecule has 3 rings (SSSR count). The number of hydrogen-bond acceptors (Lipinski definition) is 5. The summed E-state index contributed by atoms with van der Waals surface area (Å²) in [5.41, 5.74) is 2.82. The Bertz CT molecular complexity index is 857. The van der Waals surface area contributed by atoms with E-state index < -0.39 is 0 Å². The van der Waals surface area contributed by atoms with E-state index in [0.29, 0.717) is 32.6 Å². The number of methoxy groups -OCH3 is 1. The van der Waals surface area contributed by atoms with Gasteiger partial charge in [0.05, 0.1) is 24.3 Å². The first kappa shape index (κ1) is 16.4. The maximum absolute atomic E-state index is 11.4. The highest BCUT2D eigenvalue weighted by Gasteiger charge is 2.14. The highest BCUT2D eigenvalue weighted by molar-refractivity contribution is 6.02. The Balaban J connectivity index is 2.03. The monoisotopic (exact) mass is 327 g/mol. The smallest absolute Gasteiger partial charge is 0.305 e. The highest BCUT2D eigenvalue weighted by Crippen LogP contribution is 2.25. The number of para-hydroxylation sites is 1. The molecule has 0 fully saturated rings. The van der Waals surface area contributed by atoms with Crippen LogP contribution in [0.4, 0.5) is 0 Å². The quantitative estimate of drug-likeness (QED) is 0.624. The van der Waals surface area contributed by atoms with Crippen LogP contribution in [0.1, 0.15) is 25.6 Å². The van der Waals surface area contributed by atoms with E-state index in [1.807, 2.05) is 31.2 Å². The molecule has 0 radical (unpaired) electrons. The minimum absolute atomic E-state index is 0.197. The van der Waals surface area contributed by atoms with Crippen molar-refractivity contribution in [2.75, 3.05) is 13.7 Å². The summed E-state index contributed by atoms with van der Waals surface area (Å²) in [7, 11) is 1.41. The summed E-state index contributed by atoms with van der Waals surface area (Å²) in [5.74, 6) is 0.659. The van der Waals surface area contributed by atoms with Crippen LogP contribution in [0.5, 0.6) is 0 Å². The van der Waals surface area contributed by atoms with Crippen LogP contribution >= 0.6 is 0 Å². The number of ether oxygens (including phenoxy) is 2. The second kappa shape index (κ2) is 7.40. The highest BCUT2D eigenvalue weighted by atomic mass is 16.5. The number of carbonyl (C=O) groups excluding carboxylic acids is 1. The number of pyridine rings is 1. The molecule has 0 N–H and O–H groups in total. The van der Waals surface area contributed by atoms with Gasteiger partial charge in [-0.25, -0.2) is 4.98 Å². The first-order chi connectivity index (χ1) is 11.7. The Hall–Kier alpha value is -2.47. The summed E-state index contributed by atoms with van der Waals surface area (Å²) in [6.07, 6.45) is 2.87. The van der Waals surface area contributed by atoms with Gasteiger partial charge < -0.3 is 14.0 Å². The third kappa shape index (κ3) is 3.23. The largest absolute Gasteiger partial charge is 0.469 e. The second-order valence-electron chi connectivity index (χ2n) is 5.51. The molecular formula is C18H21N3O3. The van der Waals surface area contributed by atoms with Crippen LogP contribution in [0.2, 0.25) is 0 Å². The van der Waals surface area contributed by atoms with E-state index in [1.165, 1.54) is 7.11 Å². The fraction of sp³-hybridized carbons (Fsp3) is 0.389. The molecule has 0 bridgehead atoms. The van der Waals surface area contributed by atoms with Crippen molar-refractivity contribution in [1.82, 2.24) is 14.5 Å². The second-order valence-corrected chi connectivity index (χ2v) is 5.51. The first-order valence-corrected chi connectivity index (χ1v) is 8.12. The molecule has 24 heavy (non-hydrogen) atoms. The lowest BCUT2D eigenvalue weighted by Gasteiger charge is -2.10. The minimum atomic E-state index is -0.197. The van der Waals surface area contributed by atoms with Gasteiger partial charge >= 0.3 is 5.97 Å². The van der Waals surface area contributed by atoms with Gasteiger partial charge in [0.25, 0.3) is 0 Å². The van der Waals surface area contributed by atoms with Gasteiger partial charge in [-0.15, -0.1) is 0 Å². The van der Waals surface area contributed by atoms with Gasteiger partial charge in [-0.05, 0) is 19.4 Å². The lowest BCUT2D eigenvalue weighted by Crippen LogP contribution is -2.08. The summed E-state index contributed by atoms with van der Waals surface area (Å²) >= 11 is 0. The Morgan fingerprint density at radius 1 is 1.25 bits per heavy atom. The molecule has 0 aliphatic heterocycles. The molecule has 6 nitrogen and oxygen atoms in total. The Morgan fingerprint density at radius 3 is 2.88 bits per heavy atom. The lowest BCUT2D eigenvalue weighted by atomic mass is 10.2. The maximum atomic E-state index is 11.4. The average Bonchev–Trinajstić information content (AvgIpc) is 2.97. The van der Waals surface area contributed by atoms with Gasteiger partial charge in [-0.1, -0.05) is 18.2 Å². The zero-order valence-corrected chi connectivity index (χ0v) is 14.0. The molecule has 0 aliphatic rings. The molecule has 0 spiro atoms. The summed E-state index contributed by atoms with van der Waals surface area (Å²) < 4.78 is 12.4. The van der Waals surface area contributed by atoms with Gasteiger partial charge in [-0.2, -0.15) is 0 Å². The maximum Gasteiger partial charge on any atom is 0.305 e. The molecule has 126 valence electrons. The van der Waals surface area contributed by atoms with E-state index in [9.17, 15) is 4.79 Å². The van der Waals surface area contributed by atoms with Gasteiger partial charge in [0, 0.05) is 25.0 Å². The lowest BCUT2D eigenvalue weighted by molar-refractivity contribution is -0.140. The summed E-state index contributed by atoms with van der Waals surface area (Å²) in [6.45, 7) is 3.71. The summed E-state index contributed by atoms with van der Waals surface area (Å²) in [4.78, 5) is 20.5. The van der Waals surface area contributed by atoms with Crippen LogP contribution in [-0.2, 0) is 27.4 Å². The van der Waals surface area contributed by atoms with E-state index >= 15 is 0 Å². The molecule has 2 aromatic heterocycles. The SMILES string of the molecule is CCOCc1nc2cnc3ccccc3c2n1CCCC(=O)OC. The van der Waals surface area contributed by atoms with Crippen LogP contribution in [0.15, 0.2) is 30.5 Å². The topological polar surface area (TPSA) is 66.2 Å². The van der Waals surface area contributed by atoms with Crippen LogP contribution in [0.3, 0.4) is 0 Å². The fourth-order valence-corrected chi connectivity index (χ4v) is 2.84. The van der Waals surface area contributed by atoms with E-state index in [0.717, 1.165) is 27.8 Å². The fourth-order valence-electron chi connectivity index (χ4n) is 2.84. The zero-order valence-electron chi connectivity index (χ0n) is 14.0. The van der Waals surface area contributed by atoms with Crippen molar-refractivity contribution in [3.05, 3.63) is 36.3 Å². The first-order valence-electron chi connectivity index (χ1n) is 8.12. The molecule has 0 aliphatic carbocycles. The van der Waals surface area contributed by atoms with Crippen LogP contribution in [0, 0.1) is 0 Å². The Kier molecular flexibility index (Phi) is 5.05. The van der Waals surface area contributed by atoms with Crippen molar-refractivity contribution in [3.8, 4) is 0 Å². The predicted molar refractivity (Wildman–Crippen MR) is 91.6 cm³/mol. The minimum Gasteiger partial charge on any atom is -0.469 e. The third-order valence-electron chi connectivity index (χ3n) is 3.98. The van der Waals surface area contributed by atoms with Crippen molar-refractivity contribution in [2.45, 2.75) is 32.9 Å². The van der Waals surface area contributed by atoms with Crippen molar-refractivity contribution >= 4 is 27.9 Å². The molecule has 6 heteroatoms. The Labute approximate surface area is 140 Å². The number of imidazole rings is 1. The number of benzene rings is 1. The van der Waals surface area contributed by atoms with Crippen molar-refractivity contribution in [2.24, 2.45) is 0 Å². The molecule has 3 aromatic rings. The third-order valence-corrected chi connectivity index (χ3v) is 3.98. The number of esters is 1. The number of hydrogen-bond donors (Lipinski definition) is 0. The molecule has 2 heterocycles. The number of aryl methyl sites for hydroxylation is 1. The van der Waals surface area contributed by atoms with Crippen molar-refractivity contribution < 1.29 is 14.3 Å². The van der Waals surface area contributed by atoms with E-state index in [-0.39, 0.29) is 5.97 Å². The average molecular weight is 327 g/mol. The molecule has 0 unspecified atom stereocenters. The number of fused-ring (bicyclic) bond motifs is 3. The molecule has 0 saturated carbocycles. The van der Waals surface area contributed by atoms with Crippen LogP contribution < -0.4 is 0 Å². The van der Waals surface area contributed by atoms with Gasteiger partial charge in [0.1, 0.15) is 17.9 Å². The summed E-state index contributed by atoms with van der Waals surface area (Å²) in [5, 5.41) is 1.06. The standard InChI is InChI=1S/C18H21N3O3/c1-3-24-12-16-20-15-11-19-14-8-5-4-7-13(14)18(15)21(16)10-6-9-17(22)23-2/h4-5,7-8,11H,3,6,9-10,12H2,1-2H3. The molecule has 0 saturated heterocycles. The predicted octanol–water partition coefficient (Wildman–Crippen LogP) is 3.07. The van der Waals surface area contributed by atoms with Crippen LogP contribution in [0.25, 0.3) is 21.9 Å². The molecular weight excluding hydrogens is 306 g/mol. The number of aromatic nitrogens is 3. The molecule has 0 amide bonds. The normalized spacial score (nSPS) is 11.2. The summed E-state index contributed by atoms with van der Waals surface area (Å²) in [6, 6.07) is 8.01. The zero-order chi connectivity index (χ0) is 16.9. The van der Waals surface area contributed by atoms with Gasteiger partial charge in [-0.3, -0.25) is 9.78 Å². The molecule has 1 aromatic carbocycles. The van der Waals surface area contributed by atoms with E-state index in [1.54, 1.807) is 6.20 Å². The van der Waals surface area contributed by atoms with Crippen LogP contribution in [-0.4, -0.2) is 34.2 Å². The molecule has 0 atom stereocenters. The van der Waals surface area contributed by atoms with Gasteiger partial charge in [0.2, 0.25) is 0 Å². The van der Waals surface area contributed by atoms with E-state index in [2.05, 4.69) is 14.5 Å². The van der Waals surface area contributed by atoms with Crippen molar-refractivity contribution in [1.29, 1.82) is 0 Å². The van der Waals surface area contributed by atoms with Gasteiger partial charge in [0.15, 0.2) is 0 Å². The van der Waals surface area contributed by atoms with E-state index in [4.69, 9.17) is 9.47 Å². The number of rotatable bonds is 7. The number of carbonyl (C=O) groups is 1. The Morgan fingerprint density at radius 2 is 2.08 bits per heavy atom.